The van der Waals surface area contributed by atoms with Gasteiger partial charge in [-0.3, -0.25) is 4.90 Å². The number of nitrogen functional groups attached to an aromatic ring is 1. The topological polar surface area (TPSA) is 71.2 Å². The Hall–Kier alpha value is -2.94. The number of hydrogen-bond donors (Lipinski definition) is 1. The molecule has 6 nitrogen and oxygen atoms in total. The summed E-state index contributed by atoms with van der Waals surface area (Å²) in [5.74, 6) is 0.979. The van der Waals surface area contributed by atoms with Crippen LogP contribution in [0.15, 0.2) is 30.5 Å². The molecule has 0 aliphatic carbocycles. The zero-order valence-electron chi connectivity index (χ0n) is 16.8. The van der Waals surface area contributed by atoms with E-state index in [1.54, 1.807) is 19.2 Å². The van der Waals surface area contributed by atoms with E-state index in [0.29, 0.717) is 48.9 Å². The molecule has 30 heavy (non-hydrogen) atoms. The summed E-state index contributed by atoms with van der Waals surface area (Å²) in [4.78, 5) is 17.3. The molecule has 1 aromatic carbocycles. The first-order chi connectivity index (χ1) is 14.3. The molecule has 0 radical (unpaired) electrons. The van der Waals surface area contributed by atoms with Crippen LogP contribution in [0.3, 0.4) is 0 Å². The van der Waals surface area contributed by atoms with Crippen molar-refractivity contribution >= 4 is 22.5 Å². The number of hydrogen-bond acceptors (Lipinski definition) is 6. The second-order valence-electron chi connectivity index (χ2n) is 7.47. The molecule has 0 amide bonds. The van der Waals surface area contributed by atoms with Gasteiger partial charge in [0.05, 0.1) is 17.3 Å². The van der Waals surface area contributed by atoms with Gasteiger partial charge in [0.25, 0.3) is 6.43 Å². The molecule has 0 unspecified atom stereocenters. The standard InChI is InChI=1S/C21H23F3N6/c1-12(14-4-3-5-15(19(14)22)20(23)24)29-6-8-30(9-7-29)18-10-16-17(11-26-18)27-13(2)28-21(16)25/h3-5,10-12,20H,6-9H2,1-2H3,(H2,25,27,28)/t12-/m1/s1. The predicted octanol–water partition coefficient (Wildman–Crippen LogP) is 3.88. The second kappa shape index (κ2) is 8.06. The summed E-state index contributed by atoms with van der Waals surface area (Å²) in [6, 6.07) is 5.78. The van der Waals surface area contributed by atoms with Crippen LogP contribution in [0.5, 0.6) is 0 Å². The molecule has 3 heterocycles. The molecule has 1 atom stereocenters. The fourth-order valence-electron chi connectivity index (χ4n) is 3.93. The van der Waals surface area contributed by atoms with Crippen LogP contribution < -0.4 is 10.6 Å². The van der Waals surface area contributed by atoms with E-state index in [1.807, 2.05) is 13.0 Å². The van der Waals surface area contributed by atoms with Crippen molar-refractivity contribution in [2.45, 2.75) is 26.3 Å². The molecule has 1 fully saturated rings. The van der Waals surface area contributed by atoms with Crippen molar-refractivity contribution in [3.63, 3.8) is 0 Å². The van der Waals surface area contributed by atoms with Crippen LogP contribution in [-0.2, 0) is 0 Å². The Morgan fingerprint density at radius 3 is 2.47 bits per heavy atom. The molecular formula is C21H23F3N6. The third-order valence-electron chi connectivity index (χ3n) is 5.64. The molecule has 4 rings (SSSR count). The minimum atomic E-state index is -2.83. The minimum absolute atomic E-state index is 0.297. The van der Waals surface area contributed by atoms with Gasteiger partial charge >= 0.3 is 0 Å². The average Bonchev–Trinajstić information content (AvgIpc) is 2.73. The third kappa shape index (κ3) is 3.77. The van der Waals surface area contributed by atoms with Crippen LogP contribution in [0.1, 0.15) is 36.3 Å². The fourth-order valence-corrected chi connectivity index (χ4v) is 3.93. The highest BCUT2D eigenvalue weighted by Gasteiger charge is 2.26. The van der Waals surface area contributed by atoms with Crippen LogP contribution in [-0.4, -0.2) is 46.0 Å². The van der Waals surface area contributed by atoms with Gasteiger partial charge in [0.15, 0.2) is 0 Å². The Labute approximate surface area is 172 Å². The maximum Gasteiger partial charge on any atom is 0.266 e. The smallest absolute Gasteiger partial charge is 0.266 e. The van der Waals surface area contributed by atoms with Gasteiger partial charge in [0, 0.05) is 43.2 Å². The summed E-state index contributed by atoms with van der Waals surface area (Å²) in [5, 5.41) is 0.757. The summed E-state index contributed by atoms with van der Waals surface area (Å²) < 4.78 is 40.6. The highest BCUT2D eigenvalue weighted by atomic mass is 19.3. The van der Waals surface area contributed by atoms with E-state index in [9.17, 15) is 13.2 Å². The molecule has 2 aromatic heterocycles. The number of nitrogens with two attached hydrogens (primary N) is 1. The summed E-state index contributed by atoms with van der Waals surface area (Å²) in [6.45, 7) is 6.28. The first-order valence-corrected chi connectivity index (χ1v) is 9.80. The number of pyridine rings is 1. The van der Waals surface area contributed by atoms with E-state index in [2.05, 4.69) is 24.8 Å². The molecule has 0 bridgehead atoms. The number of piperazine rings is 1. The Morgan fingerprint density at radius 2 is 1.77 bits per heavy atom. The van der Waals surface area contributed by atoms with Crippen molar-refractivity contribution in [3.8, 4) is 0 Å². The minimum Gasteiger partial charge on any atom is -0.383 e. The number of aromatic nitrogens is 3. The number of aryl methyl sites for hydroxylation is 1. The van der Waals surface area contributed by atoms with Crippen molar-refractivity contribution in [1.82, 2.24) is 19.9 Å². The second-order valence-corrected chi connectivity index (χ2v) is 7.47. The maximum absolute atomic E-state index is 14.5. The Bertz CT molecular complexity index is 1070. The Morgan fingerprint density at radius 1 is 1.07 bits per heavy atom. The zero-order chi connectivity index (χ0) is 21.4. The van der Waals surface area contributed by atoms with Crippen molar-refractivity contribution < 1.29 is 13.2 Å². The summed E-state index contributed by atoms with van der Waals surface area (Å²) >= 11 is 0. The van der Waals surface area contributed by atoms with Crippen molar-refractivity contribution in [2.75, 3.05) is 36.8 Å². The normalized spacial score (nSPS) is 16.4. The summed E-state index contributed by atoms with van der Waals surface area (Å²) in [7, 11) is 0. The molecule has 3 aromatic rings. The monoisotopic (exact) mass is 416 g/mol. The van der Waals surface area contributed by atoms with E-state index in [1.165, 1.54) is 6.07 Å². The number of fused-ring (bicyclic) bond motifs is 1. The highest BCUT2D eigenvalue weighted by Crippen LogP contribution is 2.31. The lowest BCUT2D eigenvalue weighted by molar-refractivity contribution is 0.144. The SMILES string of the molecule is Cc1nc(N)c2cc(N3CCN([C@H](C)c4cccc(C(F)F)c4F)CC3)ncc2n1. The zero-order valence-corrected chi connectivity index (χ0v) is 16.8. The first-order valence-electron chi connectivity index (χ1n) is 9.80. The van der Waals surface area contributed by atoms with E-state index >= 15 is 0 Å². The Balaban J connectivity index is 1.49. The van der Waals surface area contributed by atoms with Crippen LogP contribution in [0.25, 0.3) is 10.9 Å². The van der Waals surface area contributed by atoms with Crippen LogP contribution in [0.4, 0.5) is 24.8 Å². The molecule has 0 spiro atoms. The van der Waals surface area contributed by atoms with Gasteiger partial charge in [0.2, 0.25) is 0 Å². The van der Waals surface area contributed by atoms with Gasteiger partial charge in [-0.1, -0.05) is 18.2 Å². The average molecular weight is 416 g/mol. The van der Waals surface area contributed by atoms with E-state index < -0.39 is 17.8 Å². The lowest BCUT2D eigenvalue weighted by atomic mass is 10.0. The van der Waals surface area contributed by atoms with Crippen LogP contribution in [0, 0.1) is 12.7 Å². The molecule has 1 saturated heterocycles. The number of rotatable bonds is 4. The third-order valence-corrected chi connectivity index (χ3v) is 5.64. The lowest BCUT2D eigenvalue weighted by Crippen LogP contribution is -2.47. The van der Waals surface area contributed by atoms with Gasteiger partial charge in [0.1, 0.15) is 23.3 Å². The van der Waals surface area contributed by atoms with Gasteiger partial charge in [-0.25, -0.2) is 28.1 Å². The van der Waals surface area contributed by atoms with Crippen molar-refractivity contribution in [1.29, 1.82) is 0 Å². The van der Waals surface area contributed by atoms with Gasteiger partial charge in [-0.2, -0.15) is 0 Å². The fraction of sp³-hybridized carbons (Fsp3) is 0.381. The molecule has 1 aliphatic heterocycles. The molecule has 2 N–H and O–H groups in total. The lowest BCUT2D eigenvalue weighted by Gasteiger charge is -2.39. The molecule has 0 saturated carbocycles. The molecule has 9 heteroatoms. The number of benzene rings is 1. The number of nitrogens with zero attached hydrogens (tertiary/aromatic N) is 5. The van der Waals surface area contributed by atoms with Gasteiger partial charge < -0.3 is 10.6 Å². The van der Waals surface area contributed by atoms with Crippen LogP contribution >= 0.6 is 0 Å². The Kier molecular flexibility index (Phi) is 5.46. The van der Waals surface area contributed by atoms with E-state index in [0.717, 1.165) is 17.3 Å². The van der Waals surface area contributed by atoms with E-state index in [4.69, 9.17) is 5.73 Å². The number of alkyl halides is 2. The van der Waals surface area contributed by atoms with Gasteiger partial charge in [-0.05, 0) is 19.9 Å². The predicted molar refractivity (Wildman–Crippen MR) is 110 cm³/mol. The van der Waals surface area contributed by atoms with Crippen molar-refractivity contribution in [3.05, 3.63) is 53.2 Å². The number of anilines is 2. The largest absolute Gasteiger partial charge is 0.383 e. The highest BCUT2D eigenvalue weighted by molar-refractivity contribution is 5.89. The van der Waals surface area contributed by atoms with Crippen LogP contribution in [0.2, 0.25) is 0 Å². The molecular weight excluding hydrogens is 393 g/mol. The first kappa shape index (κ1) is 20.3. The van der Waals surface area contributed by atoms with Gasteiger partial charge in [-0.15, -0.1) is 0 Å². The van der Waals surface area contributed by atoms with Crippen molar-refractivity contribution in [2.24, 2.45) is 0 Å². The molecule has 158 valence electrons. The quantitative estimate of drug-likeness (QED) is 0.696. The number of halogens is 3. The summed E-state index contributed by atoms with van der Waals surface area (Å²) in [5.41, 5.74) is 6.48. The maximum atomic E-state index is 14.5. The summed E-state index contributed by atoms with van der Waals surface area (Å²) in [6.07, 6.45) is -1.14. The molecule has 1 aliphatic rings. The van der Waals surface area contributed by atoms with E-state index in [-0.39, 0.29) is 6.04 Å².